The Kier molecular flexibility index (Phi) is 5.03. The molecule has 2 saturated heterocycles. The highest BCUT2D eigenvalue weighted by Gasteiger charge is 2.32. The number of carbonyl (C=O) groups is 1. The lowest BCUT2D eigenvalue weighted by Gasteiger charge is -2.39. The number of amides is 1. The van der Waals surface area contributed by atoms with E-state index in [0.717, 1.165) is 53.2 Å². The van der Waals surface area contributed by atoms with Gasteiger partial charge >= 0.3 is 0 Å². The van der Waals surface area contributed by atoms with Crippen LogP contribution in [0, 0.1) is 0 Å². The summed E-state index contributed by atoms with van der Waals surface area (Å²) < 4.78 is 0. The molecule has 3 aliphatic heterocycles. The smallest absolute Gasteiger partial charge is 0.277 e. The molecule has 0 radical (unpaired) electrons. The van der Waals surface area contributed by atoms with E-state index >= 15 is 0 Å². The van der Waals surface area contributed by atoms with Gasteiger partial charge in [-0.3, -0.25) is 19.7 Å². The minimum atomic E-state index is -0.0421. The summed E-state index contributed by atoms with van der Waals surface area (Å²) in [6.07, 6.45) is 8.88. The Morgan fingerprint density at radius 3 is 2.94 bits per heavy atom. The molecule has 4 aromatic rings. The SMILES string of the molecule is O=C(c1csc(-c2cccnc2)n1)N1CCc2cc3nccc(N4CCN5CCC[C@H]5C4)c3cc21. The number of carbonyl (C=O) groups excluding carboxylic acids is 1. The molecule has 3 aromatic heterocycles. The third-order valence-electron chi connectivity index (χ3n) is 7.62. The zero-order valence-corrected chi connectivity index (χ0v) is 20.2. The van der Waals surface area contributed by atoms with Crippen LogP contribution < -0.4 is 9.80 Å². The number of anilines is 2. The van der Waals surface area contributed by atoms with Crippen molar-refractivity contribution in [3.8, 4) is 10.6 Å². The van der Waals surface area contributed by atoms with E-state index in [1.807, 2.05) is 28.6 Å². The molecular formula is C27H26N6OS. The highest BCUT2D eigenvalue weighted by Crippen LogP contribution is 2.37. The Morgan fingerprint density at radius 1 is 1.06 bits per heavy atom. The van der Waals surface area contributed by atoms with Gasteiger partial charge in [-0.1, -0.05) is 0 Å². The van der Waals surface area contributed by atoms with Crippen molar-refractivity contribution in [3.05, 3.63) is 65.6 Å². The van der Waals surface area contributed by atoms with Gasteiger partial charge in [-0.25, -0.2) is 4.98 Å². The lowest BCUT2D eigenvalue weighted by atomic mass is 10.1. The molecule has 1 aromatic carbocycles. The number of hydrogen-bond donors (Lipinski definition) is 0. The van der Waals surface area contributed by atoms with Gasteiger partial charge in [0.15, 0.2) is 0 Å². The Hall–Kier alpha value is -3.36. The third-order valence-corrected chi connectivity index (χ3v) is 8.51. The first kappa shape index (κ1) is 21.0. The largest absolute Gasteiger partial charge is 0.368 e. The van der Waals surface area contributed by atoms with Crippen LogP contribution in [0.3, 0.4) is 0 Å². The normalized spacial score (nSPS) is 19.8. The van der Waals surface area contributed by atoms with E-state index in [2.05, 4.69) is 43.0 Å². The molecular weight excluding hydrogens is 456 g/mol. The monoisotopic (exact) mass is 482 g/mol. The fourth-order valence-corrected chi connectivity index (χ4v) is 6.63. The van der Waals surface area contributed by atoms with Crippen LogP contribution in [0.25, 0.3) is 21.5 Å². The summed E-state index contributed by atoms with van der Waals surface area (Å²) in [5.41, 5.74) is 5.84. The Labute approximate surface area is 208 Å². The zero-order valence-electron chi connectivity index (χ0n) is 19.4. The fraction of sp³-hybridized carbons (Fsp3) is 0.333. The van der Waals surface area contributed by atoms with Crippen molar-refractivity contribution in [1.82, 2.24) is 19.9 Å². The van der Waals surface area contributed by atoms with Gasteiger partial charge in [-0.2, -0.15) is 0 Å². The second kappa shape index (κ2) is 8.39. The molecule has 7 rings (SSSR count). The van der Waals surface area contributed by atoms with Gasteiger partial charge in [0.2, 0.25) is 0 Å². The van der Waals surface area contributed by atoms with Crippen molar-refractivity contribution in [1.29, 1.82) is 0 Å². The lowest BCUT2D eigenvalue weighted by Crippen LogP contribution is -2.50. The van der Waals surface area contributed by atoms with Crippen LogP contribution in [0.5, 0.6) is 0 Å². The Morgan fingerprint density at radius 2 is 2.03 bits per heavy atom. The van der Waals surface area contributed by atoms with Crippen LogP contribution in [-0.2, 0) is 6.42 Å². The number of hydrogen-bond acceptors (Lipinski definition) is 7. The van der Waals surface area contributed by atoms with Gasteiger partial charge in [-0.15, -0.1) is 11.3 Å². The molecule has 1 atom stereocenters. The van der Waals surface area contributed by atoms with Crippen LogP contribution in [0.2, 0.25) is 0 Å². The summed E-state index contributed by atoms with van der Waals surface area (Å²) in [6.45, 7) is 5.12. The molecule has 7 nitrogen and oxygen atoms in total. The van der Waals surface area contributed by atoms with Crippen molar-refractivity contribution in [2.24, 2.45) is 0 Å². The van der Waals surface area contributed by atoms with Crippen molar-refractivity contribution in [2.45, 2.75) is 25.3 Å². The minimum absolute atomic E-state index is 0.0421. The second-order valence-corrected chi connectivity index (χ2v) is 10.5. The maximum absolute atomic E-state index is 13.5. The summed E-state index contributed by atoms with van der Waals surface area (Å²) in [7, 11) is 0. The Balaban J connectivity index is 1.22. The van der Waals surface area contributed by atoms with Crippen LogP contribution in [0.4, 0.5) is 11.4 Å². The van der Waals surface area contributed by atoms with Gasteiger partial charge < -0.3 is 9.80 Å². The third kappa shape index (κ3) is 3.59. The van der Waals surface area contributed by atoms with Crippen molar-refractivity contribution < 1.29 is 4.79 Å². The standard InChI is InChI=1S/C27H26N6OS/c34-27(23-17-35-26(30-23)19-3-1-7-28-15-19)33-10-6-18-13-22-21(14-25(18)33)24(5-8-29-22)32-12-11-31-9-2-4-20(31)16-32/h1,3,5,7-8,13-15,17,20H,2,4,6,9-12,16H2/t20-/m0/s1. The van der Waals surface area contributed by atoms with Crippen molar-refractivity contribution in [2.75, 3.05) is 42.5 Å². The zero-order chi connectivity index (χ0) is 23.4. The molecule has 3 aliphatic rings. The fourth-order valence-electron chi connectivity index (χ4n) is 5.84. The summed E-state index contributed by atoms with van der Waals surface area (Å²) in [5.74, 6) is -0.0421. The van der Waals surface area contributed by atoms with E-state index < -0.39 is 0 Å². The molecule has 0 bridgehead atoms. The summed E-state index contributed by atoms with van der Waals surface area (Å²) in [4.78, 5) is 34.1. The summed E-state index contributed by atoms with van der Waals surface area (Å²) >= 11 is 1.48. The van der Waals surface area contributed by atoms with E-state index in [0.29, 0.717) is 18.3 Å². The van der Waals surface area contributed by atoms with E-state index in [-0.39, 0.29) is 5.91 Å². The average Bonchev–Trinajstić information content (AvgIpc) is 3.66. The summed E-state index contributed by atoms with van der Waals surface area (Å²) in [6, 6.07) is 11.0. The lowest BCUT2D eigenvalue weighted by molar-refractivity contribution is 0.0985. The first-order chi connectivity index (χ1) is 17.2. The second-order valence-electron chi connectivity index (χ2n) is 9.59. The number of aromatic nitrogens is 3. The van der Waals surface area contributed by atoms with Gasteiger partial charge in [0.05, 0.1) is 5.52 Å². The predicted molar refractivity (Wildman–Crippen MR) is 139 cm³/mol. The maximum atomic E-state index is 13.5. The average molecular weight is 483 g/mol. The number of rotatable bonds is 3. The predicted octanol–water partition coefficient (Wildman–Crippen LogP) is 4.24. The molecule has 6 heterocycles. The van der Waals surface area contributed by atoms with Crippen LogP contribution in [0.15, 0.2) is 54.3 Å². The first-order valence-corrected chi connectivity index (χ1v) is 13.2. The first-order valence-electron chi connectivity index (χ1n) is 12.3. The van der Waals surface area contributed by atoms with Gasteiger partial charge in [0.25, 0.3) is 5.91 Å². The van der Waals surface area contributed by atoms with E-state index in [1.54, 1.807) is 12.4 Å². The van der Waals surface area contributed by atoms with Crippen molar-refractivity contribution in [3.63, 3.8) is 0 Å². The molecule has 176 valence electrons. The highest BCUT2D eigenvalue weighted by atomic mass is 32.1. The number of pyridine rings is 2. The van der Waals surface area contributed by atoms with Crippen LogP contribution >= 0.6 is 11.3 Å². The van der Waals surface area contributed by atoms with E-state index in [9.17, 15) is 4.79 Å². The van der Waals surface area contributed by atoms with E-state index in [4.69, 9.17) is 0 Å². The molecule has 1 amide bonds. The summed E-state index contributed by atoms with van der Waals surface area (Å²) in [5, 5.41) is 3.81. The number of thiazole rings is 1. The van der Waals surface area contributed by atoms with Gasteiger partial charge in [0.1, 0.15) is 10.7 Å². The molecule has 0 saturated carbocycles. The highest BCUT2D eigenvalue weighted by molar-refractivity contribution is 7.13. The molecule has 8 heteroatoms. The molecule has 2 fully saturated rings. The molecule has 0 unspecified atom stereocenters. The number of piperazine rings is 1. The number of nitrogens with zero attached hydrogens (tertiary/aromatic N) is 6. The van der Waals surface area contributed by atoms with E-state index in [1.165, 1.54) is 42.0 Å². The maximum Gasteiger partial charge on any atom is 0.277 e. The van der Waals surface area contributed by atoms with Crippen molar-refractivity contribution >= 4 is 39.5 Å². The molecule has 0 spiro atoms. The molecule has 35 heavy (non-hydrogen) atoms. The molecule has 0 N–H and O–H groups in total. The topological polar surface area (TPSA) is 65.5 Å². The van der Waals surface area contributed by atoms with Crippen LogP contribution in [0.1, 0.15) is 28.9 Å². The number of benzene rings is 1. The van der Waals surface area contributed by atoms with Crippen LogP contribution in [-0.4, -0.2) is 64.5 Å². The quantitative estimate of drug-likeness (QED) is 0.435. The van der Waals surface area contributed by atoms with Gasteiger partial charge in [0, 0.05) is 78.5 Å². The Bertz CT molecular complexity index is 1420. The molecule has 0 aliphatic carbocycles. The number of fused-ring (bicyclic) bond motifs is 3. The van der Waals surface area contributed by atoms with Gasteiger partial charge in [-0.05, 0) is 61.7 Å². The minimum Gasteiger partial charge on any atom is -0.368 e.